The maximum absolute atomic E-state index is 11.8. The van der Waals surface area contributed by atoms with Gasteiger partial charge in [0.15, 0.2) is 0 Å². The van der Waals surface area contributed by atoms with Gasteiger partial charge in [-0.05, 0) is 27.8 Å². The minimum absolute atomic E-state index is 0.0578. The van der Waals surface area contributed by atoms with Crippen LogP contribution in [0.1, 0.15) is 20.8 Å². The zero-order valence-electron chi connectivity index (χ0n) is 19.5. The summed E-state index contributed by atoms with van der Waals surface area (Å²) in [6.07, 6.45) is 0. The van der Waals surface area contributed by atoms with Gasteiger partial charge in [0.1, 0.15) is 0 Å². The SMILES string of the molecule is CNCC(C(=O)[O-])N1CCN(C(C)C(=O)[O-])CCN(C(C)C(=O)[O-])CN(C(C)C(=O)[O-])CC1. The fourth-order valence-corrected chi connectivity index (χ4v) is 3.70. The lowest BCUT2D eigenvalue weighted by Crippen LogP contribution is -2.58. The van der Waals surface area contributed by atoms with Crippen LogP contribution < -0.4 is 25.7 Å². The van der Waals surface area contributed by atoms with Gasteiger partial charge in [-0.1, -0.05) is 0 Å². The summed E-state index contributed by atoms with van der Waals surface area (Å²) < 4.78 is 0. The zero-order valence-corrected chi connectivity index (χ0v) is 19.5. The highest BCUT2D eigenvalue weighted by Crippen LogP contribution is 2.11. The molecular weight excluding hydrogens is 438 g/mol. The molecule has 1 saturated heterocycles. The quantitative estimate of drug-likeness (QED) is 0.317. The van der Waals surface area contributed by atoms with Crippen LogP contribution in [-0.4, -0.2) is 127 Å². The van der Waals surface area contributed by atoms with E-state index in [9.17, 15) is 39.6 Å². The van der Waals surface area contributed by atoms with Crippen molar-refractivity contribution >= 4 is 23.9 Å². The summed E-state index contributed by atoms with van der Waals surface area (Å²) in [7, 11) is 1.58. The molecule has 0 aliphatic carbocycles. The lowest BCUT2D eigenvalue weighted by atomic mass is 10.2. The van der Waals surface area contributed by atoms with E-state index in [1.54, 1.807) is 16.8 Å². The highest BCUT2D eigenvalue weighted by molar-refractivity contribution is 5.72. The van der Waals surface area contributed by atoms with Crippen LogP contribution in [-0.2, 0) is 19.2 Å². The van der Waals surface area contributed by atoms with Crippen molar-refractivity contribution in [3.63, 3.8) is 0 Å². The van der Waals surface area contributed by atoms with Crippen LogP contribution in [0.25, 0.3) is 0 Å². The number of hydrogen-bond acceptors (Lipinski definition) is 13. The Labute approximate surface area is 193 Å². The van der Waals surface area contributed by atoms with E-state index in [-0.39, 0.29) is 52.5 Å². The fourth-order valence-electron chi connectivity index (χ4n) is 3.70. The topological polar surface area (TPSA) is 186 Å². The molecule has 0 aromatic carbocycles. The van der Waals surface area contributed by atoms with E-state index < -0.39 is 48.0 Å². The summed E-state index contributed by atoms with van der Waals surface area (Å²) in [6.45, 7) is 4.93. The van der Waals surface area contributed by atoms with E-state index in [0.717, 1.165) is 0 Å². The zero-order chi connectivity index (χ0) is 25.3. The van der Waals surface area contributed by atoms with Gasteiger partial charge < -0.3 is 44.9 Å². The second-order valence-corrected chi connectivity index (χ2v) is 8.22. The number of nitrogens with zero attached hydrogens (tertiary/aromatic N) is 4. The molecule has 13 heteroatoms. The molecule has 1 heterocycles. The first kappa shape index (κ1) is 28.7. The van der Waals surface area contributed by atoms with Crippen molar-refractivity contribution in [1.29, 1.82) is 0 Å². The van der Waals surface area contributed by atoms with Gasteiger partial charge in [-0.2, -0.15) is 0 Å². The van der Waals surface area contributed by atoms with E-state index in [1.807, 2.05) is 0 Å². The molecule has 0 radical (unpaired) electrons. The molecule has 1 fully saturated rings. The molecule has 0 aromatic rings. The number of carbonyl (C=O) groups is 4. The average Bonchev–Trinajstić information content (AvgIpc) is 2.78. The first-order valence-electron chi connectivity index (χ1n) is 10.8. The van der Waals surface area contributed by atoms with Crippen LogP contribution in [0.2, 0.25) is 0 Å². The molecule has 1 N–H and O–H groups in total. The van der Waals surface area contributed by atoms with Crippen LogP contribution in [0.4, 0.5) is 0 Å². The molecule has 4 unspecified atom stereocenters. The third-order valence-electron chi connectivity index (χ3n) is 6.16. The molecule has 0 aromatic heterocycles. The lowest BCUT2D eigenvalue weighted by Gasteiger charge is -2.39. The number of likely N-dealkylation sites (N-methyl/N-ethyl adjacent to an activating group) is 1. The molecule has 0 amide bonds. The second kappa shape index (κ2) is 13.4. The highest BCUT2D eigenvalue weighted by Gasteiger charge is 2.28. The Morgan fingerprint density at radius 1 is 0.636 bits per heavy atom. The molecule has 1 aliphatic rings. The summed E-state index contributed by atoms with van der Waals surface area (Å²) in [5, 5.41) is 49.2. The third kappa shape index (κ3) is 8.51. The van der Waals surface area contributed by atoms with Crippen molar-refractivity contribution in [2.24, 2.45) is 0 Å². The van der Waals surface area contributed by atoms with E-state index in [1.165, 1.54) is 30.6 Å². The third-order valence-corrected chi connectivity index (χ3v) is 6.16. The molecule has 190 valence electrons. The summed E-state index contributed by atoms with van der Waals surface area (Å²) in [6, 6.07) is -4.24. The van der Waals surface area contributed by atoms with Crippen molar-refractivity contribution in [2.75, 3.05) is 59.5 Å². The minimum atomic E-state index is -1.36. The Balaban J connectivity index is 3.35. The number of rotatable bonds is 10. The van der Waals surface area contributed by atoms with E-state index in [0.29, 0.717) is 0 Å². The molecule has 4 atom stereocenters. The molecular formula is C20H33N5O8-4. The summed E-state index contributed by atoms with van der Waals surface area (Å²) in [4.78, 5) is 52.5. The lowest BCUT2D eigenvalue weighted by molar-refractivity contribution is -0.315. The average molecular weight is 472 g/mol. The van der Waals surface area contributed by atoms with Crippen LogP contribution in [0.15, 0.2) is 0 Å². The predicted octanol–water partition coefficient (Wildman–Crippen LogP) is -7.08. The molecule has 33 heavy (non-hydrogen) atoms. The van der Waals surface area contributed by atoms with Crippen molar-refractivity contribution in [1.82, 2.24) is 24.9 Å². The van der Waals surface area contributed by atoms with Crippen molar-refractivity contribution in [2.45, 2.75) is 44.9 Å². The van der Waals surface area contributed by atoms with Gasteiger partial charge in [0.25, 0.3) is 0 Å². The highest BCUT2D eigenvalue weighted by atomic mass is 16.4. The first-order chi connectivity index (χ1) is 15.4. The molecule has 13 nitrogen and oxygen atoms in total. The fraction of sp³-hybridized carbons (Fsp3) is 0.800. The van der Waals surface area contributed by atoms with Crippen LogP contribution >= 0.6 is 0 Å². The Morgan fingerprint density at radius 3 is 1.30 bits per heavy atom. The van der Waals surface area contributed by atoms with Crippen LogP contribution in [0.3, 0.4) is 0 Å². The second-order valence-electron chi connectivity index (χ2n) is 8.22. The van der Waals surface area contributed by atoms with Crippen LogP contribution in [0, 0.1) is 0 Å². The number of nitrogens with one attached hydrogen (secondary N) is 1. The number of carboxylic acid groups (broad SMARTS) is 4. The Bertz CT molecular complexity index is 693. The van der Waals surface area contributed by atoms with Crippen LogP contribution in [0.5, 0.6) is 0 Å². The Hall–Kier alpha value is -2.32. The van der Waals surface area contributed by atoms with Gasteiger partial charge >= 0.3 is 0 Å². The first-order valence-corrected chi connectivity index (χ1v) is 10.8. The monoisotopic (exact) mass is 471 g/mol. The summed E-state index contributed by atoms with van der Waals surface area (Å²) in [5.74, 6) is -5.38. The van der Waals surface area contributed by atoms with Gasteiger partial charge in [0, 0.05) is 63.9 Å². The molecule has 1 rings (SSSR count). The number of aliphatic carboxylic acids is 4. The van der Waals surface area contributed by atoms with E-state index >= 15 is 0 Å². The largest absolute Gasteiger partial charge is 0.548 e. The standard InChI is InChI=1S/C20H37N5O8/c1-13(17(26)27)22-5-7-23(16(11-21-4)20(32)33)8-10-25(15(3)19(30)31)12-24(9-6-22)14(2)18(28)29/h13-16,21H,5-12H2,1-4H3,(H,26,27)(H,28,29)(H,30,31)(H,32,33)/p-4. The molecule has 0 bridgehead atoms. The maximum Gasteiger partial charge on any atom is 0.0620 e. The van der Waals surface area contributed by atoms with Gasteiger partial charge in [-0.25, -0.2) is 0 Å². The number of carbonyl (C=O) groups excluding carboxylic acids is 4. The van der Waals surface area contributed by atoms with Gasteiger partial charge in [-0.15, -0.1) is 0 Å². The van der Waals surface area contributed by atoms with Crippen molar-refractivity contribution < 1.29 is 39.6 Å². The van der Waals surface area contributed by atoms with Gasteiger partial charge in [-0.3, -0.25) is 19.6 Å². The predicted molar refractivity (Wildman–Crippen MR) is 108 cm³/mol. The molecule has 0 saturated carbocycles. The summed E-state index contributed by atoms with van der Waals surface area (Å²) in [5.41, 5.74) is 0. The number of carboxylic acids is 4. The molecule has 0 spiro atoms. The van der Waals surface area contributed by atoms with Gasteiger partial charge in [0.05, 0.1) is 36.6 Å². The smallest absolute Gasteiger partial charge is 0.0620 e. The summed E-state index contributed by atoms with van der Waals surface area (Å²) >= 11 is 0. The Kier molecular flexibility index (Phi) is 11.7. The minimum Gasteiger partial charge on any atom is -0.548 e. The van der Waals surface area contributed by atoms with Crippen molar-refractivity contribution in [3.05, 3.63) is 0 Å². The number of hydrogen-bond donors (Lipinski definition) is 1. The maximum atomic E-state index is 11.8. The van der Waals surface area contributed by atoms with E-state index in [4.69, 9.17) is 0 Å². The normalized spacial score (nSPS) is 21.9. The Morgan fingerprint density at radius 2 is 0.970 bits per heavy atom. The van der Waals surface area contributed by atoms with Crippen molar-refractivity contribution in [3.8, 4) is 0 Å². The van der Waals surface area contributed by atoms with E-state index in [2.05, 4.69) is 5.32 Å². The molecule has 1 aliphatic heterocycles. The van der Waals surface area contributed by atoms with Gasteiger partial charge in [0.2, 0.25) is 0 Å².